The summed E-state index contributed by atoms with van der Waals surface area (Å²) in [5, 5.41) is 3.34. The molecule has 1 atom stereocenters. The summed E-state index contributed by atoms with van der Waals surface area (Å²) < 4.78 is 1.20. The van der Waals surface area contributed by atoms with Gasteiger partial charge >= 0.3 is 0 Å². The molecule has 0 amide bonds. The lowest BCUT2D eigenvalue weighted by atomic mass is 9.87. The zero-order valence-corrected chi connectivity index (χ0v) is 14.9. The summed E-state index contributed by atoms with van der Waals surface area (Å²) in [5.74, 6) is 0.477. The Morgan fingerprint density at radius 3 is 2.24 bits per heavy atom. The van der Waals surface area contributed by atoms with E-state index in [0.29, 0.717) is 5.92 Å². The maximum absolute atomic E-state index is 3.70. The molecule has 2 heteroatoms. The van der Waals surface area contributed by atoms with E-state index in [0.717, 1.165) is 13.0 Å². The highest BCUT2D eigenvalue weighted by atomic mass is 79.9. The first-order valence-corrected chi connectivity index (χ1v) is 8.28. The zero-order chi connectivity index (χ0) is 15.4. The molecule has 1 N–H and O–H groups in total. The minimum absolute atomic E-state index is 0.477. The van der Waals surface area contributed by atoms with Crippen molar-refractivity contribution in [1.29, 1.82) is 0 Å². The molecule has 0 fully saturated rings. The highest BCUT2D eigenvalue weighted by Crippen LogP contribution is 2.29. The molecule has 0 aliphatic heterocycles. The summed E-state index contributed by atoms with van der Waals surface area (Å²) in [6, 6.07) is 13.1. The van der Waals surface area contributed by atoms with E-state index in [2.05, 4.69) is 78.4 Å². The van der Waals surface area contributed by atoms with Crippen LogP contribution in [0.4, 0.5) is 0 Å². The van der Waals surface area contributed by atoms with E-state index in [1.165, 1.54) is 32.3 Å². The van der Waals surface area contributed by atoms with Gasteiger partial charge in [0.15, 0.2) is 0 Å². The molecule has 1 unspecified atom stereocenters. The first-order chi connectivity index (χ1) is 10.0. The second kappa shape index (κ2) is 7.24. The molecule has 2 aromatic carbocycles. The van der Waals surface area contributed by atoms with Crippen LogP contribution in [0.3, 0.4) is 0 Å². The first kappa shape index (κ1) is 16.3. The standard InChI is InChI=1S/C19H24BrN/c1-13-9-14(2)18(15(3)10-13)11-16(12-21-4)17-7-5-6-8-19(17)20/h5-10,16,21H,11-12H2,1-4H3. The number of nitrogens with one attached hydrogen (secondary N) is 1. The van der Waals surface area contributed by atoms with Gasteiger partial charge in [-0.1, -0.05) is 51.8 Å². The molecule has 112 valence electrons. The zero-order valence-electron chi connectivity index (χ0n) is 13.3. The van der Waals surface area contributed by atoms with Crippen LogP contribution in [0.2, 0.25) is 0 Å². The largest absolute Gasteiger partial charge is 0.319 e. The van der Waals surface area contributed by atoms with Gasteiger partial charge in [0.05, 0.1) is 0 Å². The Kier molecular flexibility index (Phi) is 5.60. The molecule has 21 heavy (non-hydrogen) atoms. The van der Waals surface area contributed by atoms with Gasteiger partial charge in [-0.05, 0) is 62.6 Å². The fraction of sp³-hybridized carbons (Fsp3) is 0.368. The van der Waals surface area contributed by atoms with Gasteiger partial charge in [0.1, 0.15) is 0 Å². The lowest BCUT2D eigenvalue weighted by Gasteiger charge is -2.21. The molecule has 0 saturated heterocycles. The SMILES string of the molecule is CNCC(Cc1c(C)cc(C)cc1C)c1ccccc1Br. The number of likely N-dealkylation sites (N-methyl/N-ethyl adjacent to an activating group) is 1. The molecule has 1 nitrogen and oxygen atoms in total. The van der Waals surface area contributed by atoms with Crippen LogP contribution in [0.15, 0.2) is 40.9 Å². The number of hydrogen-bond donors (Lipinski definition) is 1. The normalized spacial score (nSPS) is 12.4. The van der Waals surface area contributed by atoms with Crippen molar-refractivity contribution < 1.29 is 0 Å². The van der Waals surface area contributed by atoms with Crippen molar-refractivity contribution in [2.75, 3.05) is 13.6 Å². The fourth-order valence-electron chi connectivity index (χ4n) is 3.12. The molecule has 0 aliphatic carbocycles. The van der Waals surface area contributed by atoms with E-state index in [9.17, 15) is 0 Å². The van der Waals surface area contributed by atoms with Crippen molar-refractivity contribution in [3.63, 3.8) is 0 Å². The predicted molar refractivity (Wildman–Crippen MR) is 95.2 cm³/mol. The van der Waals surface area contributed by atoms with E-state index in [1.807, 2.05) is 7.05 Å². The van der Waals surface area contributed by atoms with Crippen LogP contribution in [0.5, 0.6) is 0 Å². The van der Waals surface area contributed by atoms with E-state index >= 15 is 0 Å². The van der Waals surface area contributed by atoms with Gasteiger partial charge in [-0.2, -0.15) is 0 Å². The summed E-state index contributed by atoms with van der Waals surface area (Å²) in [4.78, 5) is 0. The summed E-state index contributed by atoms with van der Waals surface area (Å²) >= 11 is 3.70. The van der Waals surface area contributed by atoms with Crippen LogP contribution >= 0.6 is 15.9 Å². The molecule has 0 heterocycles. The molecular weight excluding hydrogens is 322 g/mol. The number of aryl methyl sites for hydroxylation is 3. The second-order valence-electron chi connectivity index (χ2n) is 5.86. The van der Waals surface area contributed by atoms with Crippen LogP contribution in [-0.2, 0) is 6.42 Å². The second-order valence-corrected chi connectivity index (χ2v) is 6.71. The lowest BCUT2D eigenvalue weighted by Crippen LogP contribution is -2.20. The Hall–Kier alpha value is -1.12. The van der Waals surface area contributed by atoms with E-state index in [1.54, 1.807) is 0 Å². The number of hydrogen-bond acceptors (Lipinski definition) is 1. The average Bonchev–Trinajstić information content (AvgIpc) is 2.42. The van der Waals surface area contributed by atoms with Crippen molar-refractivity contribution in [1.82, 2.24) is 5.32 Å². The molecule has 2 rings (SSSR count). The Morgan fingerprint density at radius 1 is 1.05 bits per heavy atom. The van der Waals surface area contributed by atoms with E-state index < -0.39 is 0 Å². The minimum Gasteiger partial charge on any atom is -0.319 e. The Morgan fingerprint density at radius 2 is 1.67 bits per heavy atom. The monoisotopic (exact) mass is 345 g/mol. The molecule has 0 radical (unpaired) electrons. The van der Waals surface area contributed by atoms with Crippen LogP contribution in [0.1, 0.15) is 33.7 Å². The molecule has 0 aromatic heterocycles. The molecule has 0 aliphatic rings. The first-order valence-electron chi connectivity index (χ1n) is 7.48. The third-order valence-electron chi connectivity index (χ3n) is 4.09. The molecule has 2 aromatic rings. The van der Waals surface area contributed by atoms with Crippen molar-refractivity contribution in [2.24, 2.45) is 0 Å². The predicted octanol–water partition coefficient (Wildman–Crippen LogP) is 4.92. The molecule has 0 spiro atoms. The summed E-state index contributed by atoms with van der Waals surface area (Å²) in [6.45, 7) is 7.61. The van der Waals surface area contributed by atoms with Gasteiger partial charge < -0.3 is 5.32 Å². The van der Waals surface area contributed by atoms with Crippen LogP contribution in [0, 0.1) is 20.8 Å². The third kappa shape index (κ3) is 3.96. The van der Waals surface area contributed by atoms with Crippen molar-refractivity contribution >= 4 is 15.9 Å². The average molecular weight is 346 g/mol. The summed E-state index contributed by atoms with van der Waals surface area (Å²) in [7, 11) is 2.03. The number of rotatable bonds is 5. The topological polar surface area (TPSA) is 12.0 Å². The number of benzene rings is 2. The van der Waals surface area contributed by atoms with Gasteiger partial charge in [-0.3, -0.25) is 0 Å². The van der Waals surface area contributed by atoms with Crippen molar-refractivity contribution in [3.05, 3.63) is 68.7 Å². The lowest BCUT2D eigenvalue weighted by molar-refractivity contribution is 0.620. The van der Waals surface area contributed by atoms with Crippen LogP contribution < -0.4 is 5.32 Å². The Labute approximate surface area is 136 Å². The minimum atomic E-state index is 0.477. The maximum Gasteiger partial charge on any atom is 0.0210 e. The quantitative estimate of drug-likeness (QED) is 0.810. The van der Waals surface area contributed by atoms with Crippen molar-refractivity contribution in [2.45, 2.75) is 33.1 Å². The van der Waals surface area contributed by atoms with Gasteiger partial charge in [0.25, 0.3) is 0 Å². The van der Waals surface area contributed by atoms with Gasteiger partial charge in [-0.25, -0.2) is 0 Å². The van der Waals surface area contributed by atoms with Gasteiger partial charge in [0, 0.05) is 16.9 Å². The third-order valence-corrected chi connectivity index (χ3v) is 4.81. The van der Waals surface area contributed by atoms with Gasteiger partial charge in [0.2, 0.25) is 0 Å². The van der Waals surface area contributed by atoms with Crippen LogP contribution in [-0.4, -0.2) is 13.6 Å². The van der Waals surface area contributed by atoms with Crippen molar-refractivity contribution in [3.8, 4) is 0 Å². The fourth-order valence-corrected chi connectivity index (χ4v) is 3.73. The highest BCUT2D eigenvalue weighted by molar-refractivity contribution is 9.10. The highest BCUT2D eigenvalue weighted by Gasteiger charge is 2.16. The van der Waals surface area contributed by atoms with E-state index in [4.69, 9.17) is 0 Å². The summed E-state index contributed by atoms with van der Waals surface area (Å²) in [6.07, 6.45) is 1.07. The van der Waals surface area contributed by atoms with Crippen LogP contribution in [0.25, 0.3) is 0 Å². The Balaban J connectivity index is 2.36. The van der Waals surface area contributed by atoms with Gasteiger partial charge in [-0.15, -0.1) is 0 Å². The summed E-state index contributed by atoms with van der Waals surface area (Å²) in [5.41, 5.74) is 7.02. The number of halogens is 1. The smallest absolute Gasteiger partial charge is 0.0210 e. The maximum atomic E-state index is 3.70. The molecular formula is C19H24BrN. The van der Waals surface area contributed by atoms with E-state index in [-0.39, 0.29) is 0 Å². The Bertz CT molecular complexity index is 596. The molecule has 0 saturated carbocycles. The molecule has 0 bridgehead atoms.